The minimum absolute atomic E-state index is 0. The van der Waals surface area contributed by atoms with Crippen molar-refractivity contribution in [2.75, 3.05) is 10.6 Å². The van der Waals surface area contributed by atoms with E-state index in [-0.39, 0.29) is 31.4 Å². The standard InChI is InChI=1S/C27H31F4N7O2.CH4/c1-26(2,3)18-8-11-20(12-9-18)38(25(40)32-22-14-19(27(29,30)31)10-13-21(22)28)15-16-4-6-17(7-5-16)23(39)33-24-34-36-37-35-24;/h4-7,10,13-14,18,20H,8-9,11-12,15H2,1-3H3,(H,32,40)(H2,33,34,35,36,37,39);1H4. The van der Waals surface area contributed by atoms with Gasteiger partial charge in [0, 0.05) is 18.2 Å². The van der Waals surface area contributed by atoms with Gasteiger partial charge in [0.2, 0.25) is 0 Å². The summed E-state index contributed by atoms with van der Waals surface area (Å²) in [6, 6.07) is 7.52. The van der Waals surface area contributed by atoms with E-state index in [1.54, 1.807) is 24.3 Å². The van der Waals surface area contributed by atoms with Gasteiger partial charge in [0.25, 0.3) is 11.9 Å². The Morgan fingerprint density at radius 2 is 1.66 bits per heavy atom. The van der Waals surface area contributed by atoms with Gasteiger partial charge < -0.3 is 10.2 Å². The van der Waals surface area contributed by atoms with Gasteiger partial charge in [-0.3, -0.25) is 10.1 Å². The zero-order valence-corrected chi connectivity index (χ0v) is 22.3. The van der Waals surface area contributed by atoms with Crippen molar-refractivity contribution in [1.29, 1.82) is 0 Å². The molecule has 1 aliphatic carbocycles. The van der Waals surface area contributed by atoms with Crippen LogP contribution in [-0.4, -0.2) is 43.5 Å². The Hall–Kier alpha value is -4.03. The van der Waals surface area contributed by atoms with Crippen molar-refractivity contribution in [1.82, 2.24) is 25.5 Å². The highest BCUT2D eigenvalue weighted by atomic mass is 19.4. The van der Waals surface area contributed by atoms with E-state index < -0.39 is 35.2 Å². The summed E-state index contributed by atoms with van der Waals surface area (Å²) in [4.78, 5) is 27.4. The highest BCUT2D eigenvalue weighted by molar-refractivity contribution is 6.03. The number of alkyl halides is 3. The molecule has 3 amide bonds. The highest BCUT2D eigenvalue weighted by Crippen LogP contribution is 2.39. The lowest BCUT2D eigenvalue weighted by Crippen LogP contribution is -2.45. The summed E-state index contributed by atoms with van der Waals surface area (Å²) in [6.45, 7) is 6.64. The van der Waals surface area contributed by atoms with Crippen LogP contribution in [-0.2, 0) is 12.7 Å². The molecule has 0 bridgehead atoms. The van der Waals surface area contributed by atoms with Crippen molar-refractivity contribution in [2.45, 2.75) is 72.6 Å². The number of carbonyl (C=O) groups excluding carboxylic acids is 2. The van der Waals surface area contributed by atoms with E-state index in [1.165, 1.54) is 4.90 Å². The number of carbonyl (C=O) groups is 2. The van der Waals surface area contributed by atoms with Gasteiger partial charge in [0.15, 0.2) is 0 Å². The van der Waals surface area contributed by atoms with Crippen LogP contribution in [0.2, 0.25) is 0 Å². The Balaban J connectivity index is 0.00000462. The number of anilines is 2. The monoisotopic (exact) mass is 577 g/mol. The van der Waals surface area contributed by atoms with Crippen molar-refractivity contribution in [2.24, 2.45) is 11.3 Å². The van der Waals surface area contributed by atoms with Gasteiger partial charge in [0.05, 0.1) is 11.3 Å². The molecule has 2 aromatic carbocycles. The molecule has 0 aliphatic heterocycles. The third kappa shape index (κ3) is 8.01. The van der Waals surface area contributed by atoms with Gasteiger partial charge in [-0.05, 0) is 78.1 Å². The van der Waals surface area contributed by atoms with Crippen molar-refractivity contribution < 1.29 is 27.2 Å². The molecule has 41 heavy (non-hydrogen) atoms. The number of tetrazole rings is 1. The summed E-state index contributed by atoms with van der Waals surface area (Å²) in [5.74, 6) is -0.936. The Morgan fingerprint density at radius 3 is 2.22 bits per heavy atom. The number of rotatable bonds is 6. The van der Waals surface area contributed by atoms with Crippen LogP contribution in [0.1, 0.15) is 75.4 Å². The first-order valence-electron chi connectivity index (χ1n) is 12.9. The first-order valence-corrected chi connectivity index (χ1v) is 12.9. The second-order valence-electron chi connectivity index (χ2n) is 11.0. The average molecular weight is 578 g/mol. The molecule has 0 saturated heterocycles. The lowest BCUT2D eigenvalue weighted by atomic mass is 9.71. The van der Waals surface area contributed by atoms with E-state index in [0.717, 1.165) is 12.8 Å². The molecule has 3 aromatic rings. The van der Waals surface area contributed by atoms with Gasteiger partial charge >= 0.3 is 12.2 Å². The lowest BCUT2D eigenvalue weighted by Gasteiger charge is -2.41. The molecule has 1 aliphatic rings. The maximum absolute atomic E-state index is 14.4. The normalized spacial score (nSPS) is 17.3. The van der Waals surface area contributed by atoms with Crippen LogP contribution in [0.15, 0.2) is 42.5 Å². The zero-order valence-electron chi connectivity index (χ0n) is 22.3. The number of urea groups is 1. The fourth-order valence-corrected chi connectivity index (χ4v) is 4.95. The minimum atomic E-state index is -4.68. The Kier molecular flexibility index (Phi) is 9.72. The largest absolute Gasteiger partial charge is 0.416 e. The predicted octanol–water partition coefficient (Wildman–Crippen LogP) is 6.89. The predicted molar refractivity (Wildman–Crippen MR) is 146 cm³/mol. The van der Waals surface area contributed by atoms with Crippen LogP contribution in [0, 0.1) is 17.2 Å². The summed E-state index contributed by atoms with van der Waals surface area (Å²) < 4.78 is 54.1. The number of aromatic nitrogens is 4. The van der Waals surface area contributed by atoms with Gasteiger partial charge in [-0.15, -0.1) is 5.10 Å². The van der Waals surface area contributed by atoms with Crippen LogP contribution in [0.3, 0.4) is 0 Å². The Morgan fingerprint density at radius 1 is 1.00 bits per heavy atom. The molecule has 1 heterocycles. The Bertz CT molecular complexity index is 1310. The van der Waals surface area contributed by atoms with Crippen molar-refractivity contribution >= 4 is 23.6 Å². The number of nitrogens with one attached hydrogen (secondary N) is 3. The average Bonchev–Trinajstić information content (AvgIpc) is 3.41. The maximum Gasteiger partial charge on any atom is 0.416 e. The van der Waals surface area contributed by atoms with Gasteiger partial charge in [0.1, 0.15) is 5.82 Å². The Labute approximate surface area is 236 Å². The lowest BCUT2D eigenvalue weighted by molar-refractivity contribution is -0.137. The van der Waals surface area contributed by atoms with Crippen LogP contribution >= 0.6 is 0 Å². The van der Waals surface area contributed by atoms with E-state index in [0.29, 0.717) is 48.1 Å². The number of halogens is 4. The number of benzene rings is 2. The molecule has 1 fully saturated rings. The second kappa shape index (κ2) is 12.6. The number of aromatic amines is 1. The van der Waals surface area contributed by atoms with Gasteiger partial charge in [-0.25, -0.2) is 9.18 Å². The third-order valence-electron chi connectivity index (χ3n) is 7.30. The molecule has 1 aromatic heterocycles. The van der Waals surface area contributed by atoms with E-state index in [1.807, 2.05) is 0 Å². The molecule has 222 valence electrons. The highest BCUT2D eigenvalue weighted by Gasteiger charge is 2.35. The first kappa shape index (κ1) is 31.5. The summed E-state index contributed by atoms with van der Waals surface area (Å²) >= 11 is 0. The smallest absolute Gasteiger partial charge is 0.317 e. The number of amides is 3. The van der Waals surface area contributed by atoms with Crippen molar-refractivity contribution in [3.63, 3.8) is 0 Å². The topological polar surface area (TPSA) is 116 Å². The van der Waals surface area contributed by atoms with Crippen LogP contribution in [0.4, 0.5) is 34.0 Å². The van der Waals surface area contributed by atoms with Crippen molar-refractivity contribution in [3.8, 4) is 0 Å². The molecule has 0 unspecified atom stereocenters. The van der Waals surface area contributed by atoms with Crippen LogP contribution in [0.25, 0.3) is 0 Å². The number of hydrogen-bond acceptors (Lipinski definition) is 5. The number of H-pyrrole nitrogens is 1. The molecule has 0 radical (unpaired) electrons. The molecule has 3 N–H and O–H groups in total. The third-order valence-corrected chi connectivity index (χ3v) is 7.30. The molecule has 4 rings (SSSR count). The fourth-order valence-electron chi connectivity index (χ4n) is 4.95. The zero-order chi connectivity index (χ0) is 29.1. The molecular weight excluding hydrogens is 542 g/mol. The van der Waals surface area contributed by atoms with Crippen LogP contribution in [0.5, 0.6) is 0 Å². The molecule has 9 nitrogen and oxygen atoms in total. The SMILES string of the molecule is C.CC(C)(C)C1CCC(N(Cc2ccc(C(=O)Nc3nn[nH]n3)cc2)C(=O)Nc2cc(C(F)(F)F)ccc2F)CC1. The first-order chi connectivity index (χ1) is 18.8. The molecular formula is C28H35F4N7O2. The molecule has 1 saturated carbocycles. The quantitative estimate of drug-likeness (QED) is 0.276. The summed E-state index contributed by atoms with van der Waals surface area (Å²) in [5, 5.41) is 17.8. The number of nitrogens with zero attached hydrogens (tertiary/aromatic N) is 4. The maximum atomic E-state index is 14.4. The van der Waals surface area contributed by atoms with E-state index in [4.69, 9.17) is 0 Å². The summed E-state index contributed by atoms with van der Waals surface area (Å²) in [7, 11) is 0. The van der Waals surface area contributed by atoms with E-state index in [9.17, 15) is 27.2 Å². The second-order valence-corrected chi connectivity index (χ2v) is 11.0. The van der Waals surface area contributed by atoms with E-state index in [2.05, 4.69) is 52.0 Å². The van der Waals surface area contributed by atoms with Crippen LogP contribution < -0.4 is 10.6 Å². The summed E-state index contributed by atoms with van der Waals surface area (Å²) in [6.07, 6.45) is -1.52. The fraction of sp³-hybridized carbons (Fsp3) is 0.464. The number of hydrogen-bond donors (Lipinski definition) is 3. The van der Waals surface area contributed by atoms with Gasteiger partial charge in [-0.2, -0.15) is 18.4 Å². The summed E-state index contributed by atoms with van der Waals surface area (Å²) in [5.41, 5.74) is -0.482. The molecule has 0 spiro atoms. The molecule has 0 atom stereocenters. The van der Waals surface area contributed by atoms with E-state index >= 15 is 0 Å². The van der Waals surface area contributed by atoms with Gasteiger partial charge in [-0.1, -0.05) is 45.4 Å². The molecule has 13 heteroatoms. The van der Waals surface area contributed by atoms with Crippen molar-refractivity contribution in [3.05, 3.63) is 65.0 Å². The minimum Gasteiger partial charge on any atom is -0.317 e.